The summed E-state index contributed by atoms with van der Waals surface area (Å²) in [5, 5.41) is 0. The quantitative estimate of drug-likeness (QED) is 0.697. The topological polar surface area (TPSA) is 49.9 Å². The summed E-state index contributed by atoms with van der Waals surface area (Å²) in [6.07, 6.45) is -0.946. The van der Waals surface area contributed by atoms with Crippen LogP contribution in [0.25, 0.3) is 0 Å². The molecule has 1 aromatic carbocycles. The molecule has 1 aromatic rings. The van der Waals surface area contributed by atoms with Gasteiger partial charge in [0.15, 0.2) is 5.78 Å². The minimum absolute atomic E-state index is 0.0255. The number of amides is 2. The number of hydrogen-bond donors (Lipinski definition) is 0. The van der Waals surface area contributed by atoms with Gasteiger partial charge < -0.3 is 14.5 Å². The minimum Gasteiger partial charge on any atom is -0.367 e. The Bertz CT molecular complexity index is 803. The minimum atomic E-state index is -4.31. The summed E-state index contributed by atoms with van der Waals surface area (Å²) in [5.74, 6) is 0.551. The number of benzene rings is 1. The molecule has 0 bridgehead atoms. The highest BCUT2D eigenvalue weighted by Gasteiger charge is 2.40. The molecule has 2 amide bonds. The number of ether oxygens (including phenoxy) is 1. The maximum absolute atomic E-state index is 13.0. The standard InChI is InChI=1S/C23H29F3N2O3/c1-15-20(29)13-18-14-28(11-8-21(18)31-15)22(30)27-9-6-17(7-10-27)12-16-2-4-19(5-3-16)23(24,25)26/h2-5,15,17-18,21H,6-14H2,1H3/t15-,18-,21+/m1/s1. The highest BCUT2D eigenvalue weighted by Crippen LogP contribution is 2.32. The molecule has 3 aliphatic rings. The van der Waals surface area contributed by atoms with Gasteiger partial charge in [0.2, 0.25) is 0 Å². The van der Waals surface area contributed by atoms with Crippen molar-refractivity contribution >= 4 is 11.8 Å². The fraction of sp³-hybridized carbons (Fsp3) is 0.652. The molecular formula is C23H29F3N2O3. The van der Waals surface area contributed by atoms with Gasteiger partial charge in [-0.05, 0) is 56.2 Å². The maximum atomic E-state index is 13.0. The van der Waals surface area contributed by atoms with Crippen molar-refractivity contribution in [2.45, 2.75) is 57.4 Å². The molecule has 3 atom stereocenters. The van der Waals surface area contributed by atoms with E-state index in [1.165, 1.54) is 0 Å². The van der Waals surface area contributed by atoms with Gasteiger partial charge in [-0.2, -0.15) is 13.2 Å². The van der Waals surface area contributed by atoms with Crippen LogP contribution in [0.3, 0.4) is 0 Å². The highest BCUT2D eigenvalue weighted by molar-refractivity contribution is 5.84. The zero-order valence-electron chi connectivity index (χ0n) is 17.7. The zero-order valence-corrected chi connectivity index (χ0v) is 17.7. The lowest BCUT2D eigenvalue weighted by atomic mass is 9.86. The Hall–Kier alpha value is -2.09. The average molecular weight is 438 g/mol. The molecule has 0 spiro atoms. The molecule has 3 heterocycles. The summed E-state index contributed by atoms with van der Waals surface area (Å²) in [6, 6.07) is 5.41. The third-order valence-corrected chi connectivity index (χ3v) is 6.92. The maximum Gasteiger partial charge on any atom is 0.416 e. The largest absolute Gasteiger partial charge is 0.416 e. The Morgan fingerprint density at radius 3 is 2.35 bits per heavy atom. The molecule has 3 fully saturated rings. The van der Waals surface area contributed by atoms with E-state index in [-0.39, 0.29) is 29.9 Å². The smallest absolute Gasteiger partial charge is 0.367 e. The summed E-state index contributed by atoms with van der Waals surface area (Å²) in [4.78, 5) is 28.7. The Kier molecular flexibility index (Phi) is 6.28. The average Bonchev–Trinajstić information content (AvgIpc) is 2.74. The molecule has 0 aliphatic carbocycles. The second-order valence-electron chi connectivity index (χ2n) is 9.09. The molecule has 0 saturated carbocycles. The van der Waals surface area contributed by atoms with Gasteiger partial charge in [0.05, 0.1) is 11.7 Å². The van der Waals surface area contributed by atoms with Crippen LogP contribution in [0.5, 0.6) is 0 Å². The van der Waals surface area contributed by atoms with E-state index in [4.69, 9.17) is 4.74 Å². The molecule has 0 radical (unpaired) electrons. The number of Topliss-reactive ketones (excluding diaryl/α,β-unsaturated/α-hetero) is 1. The molecule has 0 unspecified atom stereocenters. The Balaban J connectivity index is 1.26. The summed E-state index contributed by atoms with van der Waals surface area (Å²) in [7, 11) is 0. The van der Waals surface area contributed by atoms with Gasteiger partial charge in [-0.25, -0.2) is 4.79 Å². The predicted molar refractivity (Wildman–Crippen MR) is 108 cm³/mol. The number of likely N-dealkylation sites (tertiary alicyclic amines) is 2. The summed E-state index contributed by atoms with van der Waals surface area (Å²) >= 11 is 0. The fourth-order valence-electron chi connectivity index (χ4n) is 5.01. The van der Waals surface area contributed by atoms with E-state index in [1.807, 2.05) is 9.80 Å². The van der Waals surface area contributed by atoms with Crippen LogP contribution in [0, 0.1) is 11.8 Å². The molecule has 8 heteroatoms. The predicted octanol–water partition coefficient (Wildman–Crippen LogP) is 4.15. The lowest BCUT2D eigenvalue weighted by molar-refractivity contribution is -0.152. The third-order valence-electron chi connectivity index (χ3n) is 6.92. The van der Waals surface area contributed by atoms with E-state index in [0.717, 1.165) is 43.4 Å². The number of ketones is 1. The van der Waals surface area contributed by atoms with Crippen LogP contribution in [0.1, 0.15) is 43.7 Å². The molecule has 170 valence electrons. The van der Waals surface area contributed by atoms with Crippen molar-refractivity contribution in [1.82, 2.24) is 9.80 Å². The summed E-state index contributed by atoms with van der Waals surface area (Å²) in [6.45, 7) is 4.31. The summed E-state index contributed by atoms with van der Waals surface area (Å²) < 4.78 is 43.9. The van der Waals surface area contributed by atoms with E-state index in [2.05, 4.69) is 0 Å². The molecule has 0 aromatic heterocycles. The van der Waals surface area contributed by atoms with Gasteiger partial charge in [-0.1, -0.05) is 12.1 Å². The number of halogens is 3. The van der Waals surface area contributed by atoms with Crippen molar-refractivity contribution in [3.05, 3.63) is 35.4 Å². The van der Waals surface area contributed by atoms with Crippen LogP contribution in [0.15, 0.2) is 24.3 Å². The molecule has 3 aliphatic heterocycles. The number of urea groups is 1. The third kappa shape index (κ3) is 5.05. The second-order valence-corrected chi connectivity index (χ2v) is 9.09. The number of alkyl halides is 3. The van der Waals surface area contributed by atoms with Gasteiger partial charge in [-0.3, -0.25) is 4.79 Å². The Labute approximate surface area is 180 Å². The van der Waals surface area contributed by atoms with Crippen molar-refractivity contribution in [2.75, 3.05) is 26.2 Å². The van der Waals surface area contributed by atoms with Crippen molar-refractivity contribution < 1.29 is 27.5 Å². The lowest BCUT2D eigenvalue weighted by Crippen LogP contribution is -2.55. The second kappa shape index (κ2) is 8.81. The molecular weight excluding hydrogens is 409 g/mol. The molecule has 0 N–H and O–H groups in total. The molecule has 3 saturated heterocycles. The first kappa shape index (κ1) is 22.1. The van der Waals surface area contributed by atoms with Crippen LogP contribution in [0.2, 0.25) is 0 Å². The number of nitrogens with zero attached hydrogens (tertiary/aromatic N) is 2. The van der Waals surface area contributed by atoms with Crippen LogP contribution >= 0.6 is 0 Å². The number of piperidine rings is 2. The Morgan fingerprint density at radius 1 is 1.06 bits per heavy atom. The number of fused-ring (bicyclic) bond motifs is 1. The van der Waals surface area contributed by atoms with Gasteiger partial charge in [-0.15, -0.1) is 0 Å². The number of rotatable bonds is 2. The van der Waals surface area contributed by atoms with Crippen molar-refractivity contribution in [3.63, 3.8) is 0 Å². The van der Waals surface area contributed by atoms with E-state index in [0.29, 0.717) is 38.5 Å². The first-order valence-electron chi connectivity index (χ1n) is 11.1. The zero-order chi connectivity index (χ0) is 22.2. The van der Waals surface area contributed by atoms with Crippen LogP contribution in [0.4, 0.5) is 18.0 Å². The summed E-state index contributed by atoms with van der Waals surface area (Å²) in [5.41, 5.74) is 0.274. The lowest BCUT2D eigenvalue weighted by Gasteiger charge is -2.44. The first-order chi connectivity index (χ1) is 14.7. The molecule has 4 rings (SSSR count). The normalized spacial score (nSPS) is 27.9. The van der Waals surface area contributed by atoms with Crippen LogP contribution in [-0.2, 0) is 22.1 Å². The van der Waals surface area contributed by atoms with Crippen LogP contribution < -0.4 is 0 Å². The molecule has 5 nitrogen and oxygen atoms in total. The number of carbonyl (C=O) groups excluding carboxylic acids is 2. The van der Waals surface area contributed by atoms with Gasteiger partial charge >= 0.3 is 12.2 Å². The van der Waals surface area contributed by atoms with Crippen LogP contribution in [-0.4, -0.2) is 60.0 Å². The van der Waals surface area contributed by atoms with E-state index >= 15 is 0 Å². The van der Waals surface area contributed by atoms with Crippen molar-refractivity contribution in [3.8, 4) is 0 Å². The Morgan fingerprint density at radius 2 is 1.71 bits per heavy atom. The SMILES string of the molecule is C[C@H]1O[C@H]2CCN(C(=O)N3CCC(Cc4ccc(C(F)(F)F)cc4)CC3)C[C@H]2CC1=O. The number of carbonyl (C=O) groups is 2. The van der Waals surface area contributed by atoms with Gasteiger partial charge in [0.1, 0.15) is 6.10 Å². The van der Waals surface area contributed by atoms with Crippen molar-refractivity contribution in [1.29, 1.82) is 0 Å². The number of hydrogen-bond acceptors (Lipinski definition) is 3. The van der Waals surface area contributed by atoms with E-state index in [9.17, 15) is 22.8 Å². The van der Waals surface area contributed by atoms with Crippen molar-refractivity contribution in [2.24, 2.45) is 11.8 Å². The van der Waals surface area contributed by atoms with E-state index in [1.54, 1.807) is 19.1 Å². The van der Waals surface area contributed by atoms with Gasteiger partial charge in [0, 0.05) is 38.5 Å². The van der Waals surface area contributed by atoms with E-state index < -0.39 is 11.7 Å². The molecule has 31 heavy (non-hydrogen) atoms. The highest BCUT2D eigenvalue weighted by atomic mass is 19.4. The fourth-order valence-corrected chi connectivity index (χ4v) is 5.01. The van der Waals surface area contributed by atoms with Gasteiger partial charge in [0.25, 0.3) is 0 Å². The first-order valence-corrected chi connectivity index (χ1v) is 11.1. The monoisotopic (exact) mass is 438 g/mol.